The number of aromatic nitrogens is 2. The van der Waals surface area contributed by atoms with E-state index in [1.807, 2.05) is 0 Å². The molecular formula is C20H17F2N3O4S2. The number of fused-ring (bicyclic) bond motifs is 1. The third-order valence-corrected chi connectivity index (χ3v) is 7.11. The number of thioether (sulfide) groups is 1. The first-order chi connectivity index (χ1) is 14.8. The Bertz CT molecular complexity index is 1320. The molecule has 3 aromatic rings. The predicted octanol–water partition coefficient (Wildman–Crippen LogP) is 3.46. The van der Waals surface area contributed by atoms with Crippen molar-refractivity contribution in [3.05, 3.63) is 58.9 Å². The van der Waals surface area contributed by atoms with E-state index in [0.717, 1.165) is 30.7 Å². The molecule has 2 aromatic carbocycles. The molecular weight excluding hydrogens is 448 g/mol. The highest BCUT2D eigenvalue weighted by atomic mass is 32.2. The Labute approximate surface area is 180 Å². The number of carbonyl (C=O) groups is 1. The lowest BCUT2D eigenvalue weighted by molar-refractivity contribution is -0.113. The molecule has 1 aliphatic rings. The molecule has 1 aromatic heterocycles. The van der Waals surface area contributed by atoms with Crippen molar-refractivity contribution < 1.29 is 22.0 Å². The molecule has 7 nitrogen and oxygen atoms in total. The Morgan fingerprint density at radius 2 is 1.84 bits per heavy atom. The zero-order valence-corrected chi connectivity index (χ0v) is 17.6. The minimum absolute atomic E-state index is 0.0343. The van der Waals surface area contributed by atoms with Crippen LogP contribution in [0.4, 0.5) is 14.5 Å². The molecule has 1 saturated carbocycles. The summed E-state index contributed by atoms with van der Waals surface area (Å²) >= 11 is 1.03. The third-order valence-electron chi connectivity index (χ3n) is 4.72. The number of nitrogens with zero attached hydrogens (tertiary/aromatic N) is 2. The average molecular weight is 466 g/mol. The SMILES string of the molecule is O=C(CSc1nc2ccccc2c(=O)n1C1CC1)Nc1ccccc1S(=O)(=O)C(F)F. The van der Waals surface area contributed by atoms with Gasteiger partial charge in [0.15, 0.2) is 5.16 Å². The number of hydrogen-bond donors (Lipinski definition) is 1. The Hall–Kier alpha value is -2.79. The van der Waals surface area contributed by atoms with Gasteiger partial charge in [-0.25, -0.2) is 13.4 Å². The van der Waals surface area contributed by atoms with Crippen LogP contribution < -0.4 is 10.9 Å². The number of rotatable bonds is 7. The van der Waals surface area contributed by atoms with Crippen molar-refractivity contribution in [3.63, 3.8) is 0 Å². The minimum Gasteiger partial charge on any atom is -0.324 e. The van der Waals surface area contributed by atoms with Crippen molar-refractivity contribution in [3.8, 4) is 0 Å². The summed E-state index contributed by atoms with van der Waals surface area (Å²) < 4.78 is 51.1. The lowest BCUT2D eigenvalue weighted by atomic mass is 10.2. The lowest BCUT2D eigenvalue weighted by Crippen LogP contribution is -2.23. The van der Waals surface area contributed by atoms with E-state index < -0.39 is 26.4 Å². The monoisotopic (exact) mass is 465 g/mol. The summed E-state index contributed by atoms with van der Waals surface area (Å²) in [4.78, 5) is 29.2. The normalized spacial score (nSPS) is 14.2. The van der Waals surface area contributed by atoms with Crippen LogP contribution in [0.5, 0.6) is 0 Å². The topological polar surface area (TPSA) is 98.1 Å². The van der Waals surface area contributed by atoms with E-state index in [1.165, 1.54) is 18.2 Å². The molecule has 11 heteroatoms. The van der Waals surface area contributed by atoms with E-state index in [0.29, 0.717) is 16.1 Å². The smallest absolute Gasteiger partial charge is 0.324 e. The maximum atomic E-state index is 12.9. The van der Waals surface area contributed by atoms with Gasteiger partial charge < -0.3 is 5.32 Å². The van der Waals surface area contributed by atoms with Crippen molar-refractivity contribution >= 4 is 44.1 Å². The Balaban J connectivity index is 1.57. The van der Waals surface area contributed by atoms with Crippen LogP contribution in [0.15, 0.2) is 63.4 Å². The molecule has 4 rings (SSSR count). The summed E-state index contributed by atoms with van der Waals surface area (Å²) in [6.45, 7) is 0. The molecule has 0 atom stereocenters. The fourth-order valence-corrected chi connectivity index (χ4v) is 4.86. The zero-order chi connectivity index (χ0) is 22.2. The average Bonchev–Trinajstić information content (AvgIpc) is 3.57. The van der Waals surface area contributed by atoms with Crippen molar-refractivity contribution in [2.75, 3.05) is 11.1 Å². The Kier molecular flexibility index (Phi) is 5.80. The van der Waals surface area contributed by atoms with Gasteiger partial charge >= 0.3 is 5.76 Å². The molecule has 1 N–H and O–H groups in total. The minimum atomic E-state index is -4.87. The summed E-state index contributed by atoms with van der Waals surface area (Å²) in [6.07, 6.45) is 1.69. The highest BCUT2D eigenvalue weighted by molar-refractivity contribution is 7.99. The van der Waals surface area contributed by atoms with Crippen LogP contribution in [0.2, 0.25) is 0 Å². The molecule has 31 heavy (non-hydrogen) atoms. The summed E-state index contributed by atoms with van der Waals surface area (Å²) in [5.41, 5.74) is 0.115. The van der Waals surface area contributed by atoms with Gasteiger partial charge in [-0.1, -0.05) is 36.0 Å². The van der Waals surface area contributed by atoms with E-state index in [2.05, 4.69) is 10.3 Å². The second-order valence-corrected chi connectivity index (χ2v) is 9.79. The number of amides is 1. The first-order valence-corrected chi connectivity index (χ1v) is 11.9. The van der Waals surface area contributed by atoms with Gasteiger partial charge in [-0.15, -0.1) is 0 Å². The van der Waals surface area contributed by atoms with Crippen LogP contribution in [0, 0.1) is 0 Å². The van der Waals surface area contributed by atoms with Gasteiger partial charge in [0.1, 0.15) is 0 Å². The summed E-state index contributed by atoms with van der Waals surface area (Å²) in [6, 6.07) is 12.0. The van der Waals surface area contributed by atoms with Gasteiger partial charge in [0.25, 0.3) is 5.56 Å². The zero-order valence-electron chi connectivity index (χ0n) is 16.0. The largest absolute Gasteiger partial charge is 0.341 e. The number of sulfone groups is 1. The fraction of sp³-hybridized carbons (Fsp3) is 0.250. The Morgan fingerprint density at radius 3 is 2.55 bits per heavy atom. The highest BCUT2D eigenvalue weighted by Gasteiger charge is 2.30. The maximum Gasteiger partial charge on any atom is 0.341 e. The van der Waals surface area contributed by atoms with E-state index in [-0.39, 0.29) is 23.0 Å². The van der Waals surface area contributed by atoms with Crippen LogP contribution in [-0.2, 0) is 14.6 Å². The number of hydrogen-bond acceptors (Lipinski definition) is 6. The van der Waals surface area contributed by atoms with Crippen LogP contribution in [-0.4, -0.2) is 35.4 Å². The summed E-state index contributed by atoms with van der Waals surface area (Å²) in [5, 5.41) is 3.25. The number of para-hydroxylation sites is 2. The standard InChI is InChI=1S/C20H17F2N3O4S2/c21-19(22)31(28,29)16-8-4-3-7-15(16)23-17(26)11-30-20-24-14-6-2-1-5-13(14)18(27)25(20)12-9-10-12/h1-8,12,19H,9-11H2,(H,23,26). The lowest BCUT2D eigenvalue weighted by Gasteiger charge is -2.13. The van der Waals surface area contributed by atoms with Crippen molar-refractivity contribution in [1.29, 1.82) is 0 Å². The molecule has 1 fully saturated rings. The summed E-state index contributed by atoms with van der Waals surface area (Å²) in [7, 11) is -4.87. The molecule has 1 amide bonds. The van der Waals surface area contributed by atoms with Gasteiger partial charge in [0, 0.05) is 6.04 Å². The van der Waals surface area contributed by atoms with E-state index in [9.17, 15) is 26.8 Å². The highest BCUT2D eigenvalue weighted by Crippen LogP contribution is 2.37. The van der Waals surface area contributed by atoms with E-state index in [4.69, 9.17) is 0 Å². The van der Waals surface area contributed by atoms with Crippen molar-refractivity contribution in [2.24, 2.45) is 0 Å². The molecule has 162 valence electrons. The summed E-state index contributed by atoms with van der Waals surface area (Å²) in [5.74, 6) is -4.39. The molecule has 0 unspecified atom stereocenters. The van der Waals surface area contributed by atoms with Crippen LogP contribution in [0.1, 0.15) is 18.9 Å². The van der Waals surface area contributed by atoms with Gasteiger partial charge in [0.05, 0.1) is 27.2 Å². The molecule has 1 aliphatic carbocycles. The van der Waals surface area contributed by atoms with Crippen LogP contribution in [0.25, 0.3) is 10.9 Å². The third kappa shape index (κ3) is 4.33. The number of carbonyl (C=O) groups excluding carboxylic acids is 1. The second kappa shape index (κ2) is 8.39. The Morgan fingerprint density at radius 1 is 1.16 bits per heavy atom. The van der Waals surface area contributed by atoms with E-state index in [1.54, 1.807) is 28.8 Å². The van der Waals surface area contributed by atoms with Gasteiger partial charge in [-0.05, 0) is 37.1 Å². The molecule has 0 aliphatic heterocycles. The first-order valence-electron chi connectivity index (χ1n) is 9.34. The molecule has 0 radical (unpaired) electrons. The number of alkyl halides is 2. The number of benzene rings is 2. The van der Waals surface area contributed by atoms with Crippen molar-refractivity contribution in [2.45, 2.75) is 34.7 Å². The van der Waals surface area contributed by atoms with Crippen molar-refractivity contribution in [1.82, 2.24) is 9.55 Å². The molecule has 0 spiro atoms. The van der Waals surface area contributed by atoms with Crippen LogP contribution >= 0.6 is 11.8 Å². The van der Waals surface area contributed by atoms with Gasteiger partial charge in [-0.2, -0.15) is 8.78 Å². The second-order valence-electron chi connectivity index (χ2n) is 6.96. The quantitative estimate of drug-likeness (QED) is 0.424. The number of nitrogens with one attached hydrogen (secondary N) is 1. The number of anilines is 1. The fourth-order valence-electron chi connectivity index (χ4n) is 3.11. The maximum absolute atomic E-state index is 12.9. The van der Waals surface area contributed by atoms with Gasteiger partial charge in [-0.3, -0.25) is 14.2 Å². The van der Waals surface area contributed by atoms with Crippen LogP contribution in [0.3, 0.4) is 0 Å². The predicted molar refractivity (Wildman–Crippen MR) is 113 cm³/mol. The number of halogens is 2. The van der Waals surface area contributed by atoms with Gasteiger partial charge in [0.2, 0.25) is 15.7 Å². The first kappa shape index (κ1) is 21.4. The molecule has 0 saturated heterocycles. The molecule has 0 bridgehead atoms. The molecule has 1 heterocycles. The van der Waals surface area contributed by atoms with E-state index >= 15 is 0 Å².